The van der Waals surface area contributed by atoms with Gasteiger partial charge in [0.15, 0.2) is 0 Å². The molecule has 0 spiro atoms. The summed E-state index contributed by atoms with van der Waals surface area (Å²) in [7, 11) is 0. The van der Waals surface area contributed by atoms with E-state index in [-0.39, 0.29) is 11.3 Å². The molecule has 1 saturated heterocycles. The van der Waals surface area contributed by atoms with E-state index in [0.717, 1.165) is 12.1 Å². The zero-order valence-electron chi connectivity index (χ0n) is 12.4. The first-order chi connectivity index (χ1) is 10.2. The number of hydrogen-bond acceptors (Lipinski definition) is 2. The summed E-state index contributed by atoms with van der Waals surface area (Å²) in [5, 5.41) is 0.0885. The van der Waals surface area contributed by atoms with Crippen molar-refractivity contribution in [3.05, 3.63) is 65.2 Å². The molecule has 21 heavy (non-hydrogen) atoms. The number of nitrogens with zero attached hydrogens (tertiary/aromatic N) is 1. The molecule has 108 valence electrons. The molecule has 2 aromatic rings. The molecule has 3 rings (SSSR count). The highest BCUT2D eigenvalue weighted by molar-refractivity contribution is 8.00. The maximum Gasteiger partial charge on any atom is 0.238 e. The first-order valence-corrected chi connectivity index (χ1v) is 8.33. The van der Waals surface area contributed by atoms with Crippen molar-refractivity contribution in [3.63, 3.8) is 0 Å². The summed E-state index contributed by atoms with van der Waals surface area (Å²) in [5.74, 6) is 0.739. The predicted octanol–water partition coefficient (Wildman–Crippen LogP) is 4.34. The molecule has 0 N–H and O–H groups in total. The summed E-state index contributed by atoms with van der Waals surface area (Å²) >= 11 is 1.70. The van der Waals surface area contributed by atoms with Crippen molar-refractivity contribution in [2.45, 2.75) is 25.6 Å². The molecule has 2 aromatic carbocycles. The maximum atomic E-state index is 12.3. The molecule has 1 atom stereocenters. The summed E-state index contributed by atoms with van der Waals surface area (Å²) in [6, 6.07) is 16.8. The minimum absolute atomic E-state index is 0.0885. The van der Waals surface area contributed by atoms with Gasteiger partial charge in [0.1, 0.15) is 5.37 Å². The van der Waals surface area contributed by atoms with Gasteiger partial charge in [-0.3, -0.25) is 9.69 Å². The van der Waals surface area contributed by atoms with Gasteiger partial charge in [0, 0.05) is 5.69 Å². The Morgan fingerprint density at radius 1 is 1.10 bits per heavy atom. The molecule has 0 aromatic heterocycles. The highest BCUT2D eigenvalue weighted by Gasteiger charge is 2.33. The number of anilines is 1. The van der Waals surface area contributed by atoms with E-state index in [0.29, 0.717) is 5.75 Å². The van der Waals surface area contributed by atoms with Crippen LogP contribution in [0.5, 0.6) is 0 Å². The molecule has 1 fully saturated rings. The van der Waals surface area contributed by atoms with Gasteiger partial charge in [-0.15, -0.1) is 11.8 Å². The third kappa shape index (κ3) is 2.84. The predicted molar refractivity (Wildman–Crippen MR) is 89.7 cm³/mol. The van der Waals surface area contributed by atoms with Crippen molar-refractivity contribution in [1.82, 2.24) is 0 Å². The second-order valence-corrected chi connectivity index (χ2v) is 6.43. The number of benzene rings is 2. The van der Waals surface area contributed by atoms with Crippen LogP contribution >= 0.6 is 11.8 Å². The van der Waals surface area contributed by atoms with E-state index in [1.807, 2.05) is 4.90 Å². The molecule has 0 aliphatic carbocycles. The SMILES string of the molecule is CCc1ccc(N2C(=O)CS[C@@H]2c2ccc(C)cc2)cc1. The molecule has 0 unspecified atom stereocenters. The molecule has 1 aliphatic rings. The van der Waals surface area contributed by atoms with Crippen LogP contribution in [0.4, 0.5) is 5.69 Å². The Labute approximate surface area is 130 Å². The first-order valence-electron chi connectivity index (χ1n) is 7.28. The molecule has 2 nitrogen and oxygen atoms in total. The first kappa shape index (κ1) is 14.2. The van der Waals surface area contributed by atoms with Gasteiger partial charge in [0.2, 0.25) is 5.91 Å². The largest absolute Gasteiger partial charge is 0.295 e. The smallest absolute Gasteiger partial charge is 0.238 e. The Bertz CT molecular complexity index is 633. The molecule has 1 heterocycles. The Balaban J connectivity index is 1.93. The summed E-state index contributed by atoms with van der Waals surface area (Å²) in [5.41, 5.74) is 4.72. The molecular weight excluding hydrogens is 278 g/mol. The highest BCUT2D eigenvalue weighted by atomic mass is 32.2. The van der Waals surface area contributed by atoms with Gasteiger partial charge in [-0.1, -0.05) is 48.9 Å². The number of carbonyl (C=O) groups excluding carboxylic acids is 1. The highest BCUT2D eigenvalue weighted by Crippen LogP contribution is 2.41. The van der Waals surface area contributed by atoms with Crippen LogP contribution in [0.25, 0.3) is 0 Å². The maximum absolute atomic E-state index is 12.3. The summed E-state index contributed by atoms with van der Waals surface area (Å²) in [6.45, 7) is 4.22. The molecule has 0 saturated carbocycles. The minimum Gasteiger partial charge on any atom is -0.295 e. The molecular formula is C18H19NOS. The van der Waals surface area contributed by atoms with Crippen molar-refractivity contribution in [2.24, 2.45) is 0 Å². The van der Waals surface area contributed by atoms with E-state index in [1.54, 1.807) is 11.8 Å². The van der Waals surface area contributed by atoms with Gasteiger partial charge in [-0.25, -0.2) is 0 Å². The quantitative estimate of drug-likeness (QED) is 0.840. The van der Waals surface area contributed by atoms with Crippen LogP contribution in [-0.4, -0.2) is 11.7 Å². The van der Waals surface area contributed by atoms with Gasteiger partial charge >= 0.3 is 0 Å². The van der Waals surface area contributed by atoms with Crippen molar-refractivity contribution in [1.29, 1.82) is 0 Å². The minimum atomic E-state index is 0.0885. The van der Waals surface area contributed by atoms with Crippen LogP contribution in [0.3, 0.4) is 0 Å². The van der Waals surface area contributed by atoms with Gasteiger partial charge in [0.25, 0.3) is 0 Å². The van der Waals surface area contributed by atoms with Crippen LogP contribution in [-0.2, 0) is 11.2 Å². The van der Waals surface area contributed by atoms with E-state index in [9.17, 15) is 4.79 Å². The lowest BCUT2D eigenvalue weighted by Crippen LogP contribution is -2.27. The van der Waals surface area contributed by atoms with Gasteiger partial charge < -0.3 is 0 Å². The fraction of sp³-hybridized carbons (Fsp3) is 0.278. The average Bonchev–Trinajstić information content (AvgIpc) is 2.90. The van der Waals surface area contributed by atoms with E-state index < -0.39 is 0 Å². The lowest BCUT2D eigenvalue weighted by Gasteiger charge is -2.24. The number of rotatable bonds is 3. The summed E-state index contributed by atoms with van der Waals surface area (Å²) in [6.07, 6.45) is 1.02. The van der Waals surface area contributed by atoms with Crippen molar-refractivity contribution < 1.29 is 4.79 Å². The fourth-order valence-electron chi connectivity index (χ4n) is 2.57. The Hall–Kier alpha value is -1.74. The topological polar surface area (TPSA) is 20.3 Å². The van der Waals surface area contributed by atoms with Crippen LogP contribution in [0, 0.1) is 6.92 Å². The van der Waals surface area contributed by atoms with Crippen molar-refractivity contribution in [2.75, 3.05) is 10.7 Å². The zero-order chi connectivity index (χ0) is 14.8. The van der Waals surface area contributed by atoms with Crippen LogP contribution in [0.1, 0.15) is 29.0 Å². The number of thioether (sulfide) groups is 1. The zero-order valence-corrected chi connectivity index (χ0v) is 13.2. The van der Waals surface area contributed by atoms with Crippen LogP contribution < -0.4 is 4.90 Å². The second kappa shape index (κ2) is 5.94. The summed E-state index contributed by atoms with van der Waals surface area (Å²) in [4.78, 5) is 14.2. The Kier molecular flexibility index (Phi) is 4.02. The second-order valence-electron chi connectivity index (χ2n) is 5.36. The van der Waals surface area contributed by atoms with Gasteiger partial charge in [-0.2, -0.15) is 0 Å². The molecule has 0 bridgehead atoms. The number of aryl methyl sites for hydroxylation is 2. The van der Waals surface area contributed by atoms with Gasteiger partial charge in [0.05, 0.1) is 5.75 Å². The molecule has 1 amide bonds. The molecule has 1 aliphatic heterocycles. The Morgan fingerprint density at radius 3 is 2.38 bits per heavy atom. The fourth-order valence-corrected chi connectivity index (χ4v) is 3.75. The molecule has 0 radical (unpaired) electrons. The Morgan fingerprint density at radius 2 is 1.76 bits per heavy atom. The van der Waals surface area contributed by atoms with Crippen molar-refractivity contribution >= 4 is 23.4 Å². The monoisotopic (exact) mass is 297 g/mol. The normalized spacial score (nSPS) is 18.3. The lowest BCUT2D eigenvalue weighted by molar-refractivity contribution is -0.115. The number of amides is 1. The van der Waals surface area contributed by atoms with E-state index in [4.69, 9.17) is 0 Å². The van der Waals surface area contributed by atoms with E-state index in [2.05, 4.69) is 62.4 Å². The van der Waals surface area contributed by atoms with Crippen LogP contribution in [0.2, 0.25) is 0 Å². The standard InChI is InChI=1S/C18H19NOS/c1-3-14-6-10-16(11-7-14)19-17(20)12-21-18(19)15-8-4-13(2)5-9-15/h4-11,18H,3,12H2,1-2H3/t18-/m1/s1. The molecule has 3 heteroatoms. The van der Waals surface area contributed by atoms with Crippen LogP contribution in [0.15, 0.2) is 48.5 Å². The lowest BCUT2D eigenvalue weighted by atomic mass is 10.1. The third-order valence-electron chi connectivity index (χ3n) is 3.85. The third-order valence-corrected chi connectivity index (χ3v) is 5.07. The summed E-state index contributed by atoms with van der Waals surface area (Å²) < 4.78 is 0. The average molecular weight is 297 g/mol. The van der Waals surface area contributed by atoms with E-state index >= 15 is 0 Å². The van der Waals surface area contributed by atoms with E-state index in [1.165, 1.54) is 16.7 Å². The van der Waals surface area contributed by atoms with Crippen molar-refractivity contribution in [3.8, 4) is 0 Å². The van der Waals surface area contributed by atoms with Gasteiger partial charge in [-0.05, 0) is 36.6 Å². The number of carbonyl (C=O) groups is 1. The number of hydrogen-bond donors (Lipinski definition) is 0.